The minimum Gasteiger partial charge on any atom is -0.372 e. The van der Waals surface area contributed by atoms with Crippen LogP contribution in [0.1, 0.15) is 120 Å². The number of rotatable bonds is 11. The van der Waals surface area contributed by atoms with E-state index in [2.05, 4.69) is 63.2 Å². The van der Waals surface area contributed by atoms with Crippen LogP contribution < -0.4 is 0 Å². The lowest BCUT2D eigenvalue weighted by molar-refractivity contribution is -0.0920. The van der Waals surface area contributed by atoms with E-state index in [0.717, 1.165) is 6.42 Å². The number of fused-ring (bicyclic) bond motifs is 3. The first-order valence-corrected chi connectivity index (χ1v) is 13.5. The predicted molar refractivity (Wildman–Crippen MR) is 137 cm³/mol. The van der Waals surface area contributed by atoms with Crippen LogP contribution >= 0.6 is 0 Å². The summed E-state index contributed by atoms with van der Waals surface area (Å²) in [6.07, 6.45) is 17.3. The fraction of sp³-hybridized carbons (Fsp3) is 0.613. The third-order valence-corrected chi connectivity index (χ3v) is 7.82. The molecule has 2 aromatic rings. The van der Waals surface area contributed by atoms with Crippen molar-refractivity contribution >= 4 is 0 Å². The van der Waals surface area contributed by atoms with Gasteiger partial charge in [-0.3, -0.25) is 0 Å². The molecule has 174 valence electrons. The molecule has 0 heterocycles. The summed E-state index contributed by atoms with van der Waals surface area (Å²) in [4.78, 5) is 0. The molecule has 2 aliphatic rings. The zero-order valence-electron chi connectivity index (χ0n) is 20.8. The first-order chi connectivity index (χ1) is 15.6. The minimum absolute atomic E-state index is 0.00481. The molecule has 2 aromatic carbocycles. The summed E-state index contributed by atoms with van der Waals surface area (Å²) < 4.78 is 6.76. The molecule has 1 nitrogen and oxygen atoms in total. The summed E-state index contributed by atoms with van der Waals surface area (Å²) in [6, 6.07) is 16.0. The summed E-state index contributed by atoms with van der Waals surface area (Å²) in [5.74, 6) is 0.646. The quantitative estimate of drug-likeness (QED) is 0.274. The monoisotopic (exact) mass is 432 g/mol. The topological polar surface area (TPSA) is 9.23 Å². The van der Waals surface area contributed by atoms with Crippen molar-refractivity contribution in [2.75, 3.05) is 0 Å². The second-order valence-electron chi connectivity index (χ2n) is 10.9. The second kappa shape index (κ2) is 11.0. The highest BCUT2D eigenvalue weighted by Gasteiger charge is 2.31. The largest absolute Gasteiger partial charge is 0.372 e. The van der Waals surface area contributed by atoms with Crippen molar-refractivity contribution in [3.63, 3.8) is 0 Å². The molecule has 0 amide bonds. The van der Waals surface area contributed by atoms with Crippen LogP contribution in [-0.2, 0) is 11.2 Å². The van der Waals surface area contributed by atoms with E-state index in [9.17, 15) is 0 Å². The standard InChI is InChI=1S/C31H44O/c1-4-5-6-7-8-9-12-21-31(2,3)32-26-17-13-16-24(22-26)28-19-14-20-29-27-18-11-10-15-25(27)23-30(28)29/h10-11,14-15,18-20,24,26H,4-9,12-13,16-17,21-23H2,1-3H3. The molecule has 1 fully saturated rings. The summed E-state index contributed by atoms with van der Waals surface area (Å²) in [5.41, 5.74) is 7.60. The van der Waals surface area contributed by atoms with Gasteiger partial charge < -0.3 is 4.74 Å². The van der Waals surface area contributed by atoms with Crippen LogP contribution in [-0.4, -0.2) is 11.7 Å². The van der Waals surface area contributed by atoms with E-state index < -0.39 is 0 Å². The number of hydrogen-bond acceptors (Lipinski definition) is 1. The predicted octanol–water partition coefficient (Wildman–Crippen LogP) is 9.22. The minimum atomic E-state index is 0.00481. The second-order valence-corrected chi connectivity index (χ2v) is 10.9. The molecule has 0 aliphatic heterocycles. The molecule has 0 radical (unpaired) electrons. The molecule has 32 heavy (non-hydrogen) atoms. The lowest BCUT2D eigenvalue weighted by Gasteiger charge is -2.36. The highest BCUT2D eigenvalue weighted by atomic mass is 16.5. The maximum atomic E-state index is 6.76. The van der Waals surface area contributed by atoms with Gasteiger partial charge in [-0.1, -0.05) is 101 Å². The van der Waals surface area contributed by atoms with Crippen LogP contribution in [0, 0.1) is 0 Å². The van der Waals surface area contributed by atoms with E-state index in [4.69, 9.17) is 4.74 Å². The van der Waals surface area contributed by atoms with Crippen molar-refractivity contribution in [1.29, 1.82) is 0 Å². The smallest absolute Gasteiger partial charge is 0.0630 e. The van der Waals surface area contributed by atoms with Gasteiger partial charge in [0.25, 0.3) is 0 Å². The highest BCUT2D eigenvalue weighted by Crippen LogP contribution is 2.44. The van der Waals surface area contributed by atoms with Crippen molar-refractivity contribution < 1.29 is 4.74 Å². The normalized spacial score (nSPS) is 20.2. The lowest BCUT2D eigenvalue weighted by atomic mass is 9.79. The third kappa shape index (κ3) is 5.84. The zero-order valence-corrected chi connectivity index (χ0v) is 20.8. The van der Waals surface area contributed by atoms with E-state index in [1.165, 1.54) is 93.7 Å². The fourth-order valence-electron chi connectivity index (χ4n) is 6.12. The molecule has 4 rings (SSSR count). The molecule has 2 unspecified atom stereocenters. The van der Waals surface area contributed by atoms with E-state index in [1.54, 1.807) is 11.1 Å². The zero-order chi connectivity index (χ0) is 22.4. The van der Waals surface area contributed by atoms with Gasteiger partial charge in [0.1, 0.15) is 0 Å². The molecule has 0 bridgehead atoms. The first kappa shape index (κ1) is 23.6. The van der Waals surface area contributed by atoms with Crippen LogP contribution in [0.15, 0.2) is 42.5 Å². The van der Waals surface area contributed by atoms with Gasteiger partial charge in [-0.2, -0.15) is 0 Å². The van der Waals surface area contributed by atoms with Crippen LogP contribution in [0.5, 0.6) is 0 Å². The number of hydrogen-bond donors (Lipinski definition) is 0. The Bertz CT molecular complexity index is 865. The van der Waals surface area contributed by atoms with Gasteiger partial charge in [0.05, 0.1) is 11.7 Å². The lowest BCUT2D eigenvalue weighted by Crippen LogP contribution is -2.33. The molecule has 2 aliphatic carbocycles. The Balaban J connectivity index is 1.32. The van der Waals surface area contributed by atoms with Gasteiger partial charge in [-0.15, -0.1) is 0 Å². The SMILES string of the molecule is CCCCCCCCCC(C)(C)OC1CCCC(c2cccc3c2Cc2ccccc2-3)C1. The van der Waals surface area contributed by atoms with Gasteiger partial charge in [-0.05, 0) is 79.7 Å². The molecular weight excluding hydrogens is 388 g/mol. The summed E-state index contributed by atoms with van der Waals surface area (Å²) in [7, 11) is 0. The highest BCUT2D eigenvalue weighted by molar-refractivity contribution is 5.78. The van der Waals surface area contributed by atoms with Crippen molar-refractivity contribution in [3.05, 3.63) is 59.2 Å². The van der Waals surface area contributed by atoms with Crippen molar-refractivity contribution in [2.24, 2.45) is 0 Å². The van der Waals surface area contributed by atoms with Gasteiger partial charge in [0.2, 0.25) is 0 Å². The van der Waals surface area contributed by atoms with E-state index >= 15 is 0 Å². The number of ether oxygens (including phenoxy) is 1. The van der Waals surface area contributed by atoms with Crippen LogP contribution in [0.25, 0.3) is 11.1 Å². The summed E-state index contributed by atoms with van der Waals surface area (Å²) >= 11 is 0. The average molecular weight is 433 g/mol. The van der Waals surface area contributed by atoms with Crippen LogP contribution in [0.2, 0.25) is 0 Å². The van der Waals surface area contributed by atoms with E-state index in [1.807, 2.05) is 0 Å². The van der Waals surface area contributed by atoms with Gasteiger partial charge in [-0.25, -0.2) is 0 Å². The Morgan fingerprint density at radius 3 is 2.44 bits per heavy atom. The summed E-state index contributed by atoms with van der Waals surface area (Å²) in [6.45, 7) is 6.94. The molecule has 0 saturated heterocycles. The molecule has 1 heteroatoms. The Kier molecular flexibility index (Phi) is 8.11. The van der Waals surface area contributed by atoms with E-state index in [-0.39, 0.29) is 5.60 Å². The maximum Gasteiger partial charge on any atom is 0.0630 e. The van der Waals surface area contributed by atoms with Crippen LogP contribution in [0.4, 0.5) is 0 Å². The Hall–Kier alpha value is -1.60. The molecular formula is C31H44O. The molecule has 0 spiro atoms. The molecule has 1 saturated carbocycles. The molecule has 0 N–H and O–H groups in total. The number of benzene rings is 2. The van der Waals surface area contributed by atoms with Crippen molar-refractivity contribution in [2.45, 2.75) is 122 Å². The fourth-order valence-corrected chi connectivity index (χ4v) is 6.12. The van der Waals surface area contributed by atoms with Gasteiger partial charge in [0, 0.05) is 0 Å². The first-order valence-electron chi connectivity index (χ1n) is 13.5. The average Bonchev–Trinajstić information content (AvgIpc) is 3.17. The van der Waals surface area contributed by atoms with Crippen molar-refractivity contribution in [3.8, 4) is 11.1 Å². The molecule has 0 aromatic heterocycles. The third-order valence-electron chi connectivity index (χ3n) is 7.82. The number of unbranched alkanes of at least 4 members (excludes halogenated alkanes) is 6. The van der Waals surface area contributed by atoms with E-state index in [0.29, 0.717) is 12.0 Å². The van der Waals surface area contributed by atoms with Gasteiger partial charge in [0.15, 0.2) is 0 Å². The Morgan fingerprint density at radius 1 is 0.844 bits per heavy atom. The molecule has 2 atom stereocenters. The maximum absolute atomic E-state index is 6.76. The Morgan fingerprint density at radius 2 is 1.59 bits per heavy atom. The van der Waals surface area contributed by atoms with Crippen molar-refractivity contribution in [1.82, 2.24) is 0 Å². The van der Waals surface area contributed by atoms with Gasteiger partial charge >= 0.3 is 0 Å². The van der Waals surface area contributed by atoms with Crippen LogP contribution in [0.3, 0.4) is 0 Å². The summed E-state index contributed by atoms with van der Waals surface area (Å²) in [5, 5.41) is 0. The Labute approximate surface area is 197 Å².